The molecule has 0 bridgehead atoms. The molecule has 1 aromatic heterocycles. The molecule has 2 heterocycles. The van der Waals surface area contributed by atoms with Gasteiger partial charge in [-0.25, -0.2) is 4.39 Å². The van der Waals surface area contributed by atoms with E-state index in [2.05, 4.69) is 54.2 Å². The van der Waals surface area contributed by atoms with Crippen LogP contribution in [0.15, 0.2) is 35.5 Å². The fourth-order valence-electron chi connectivity index (χ4n) is 4.37. The minimum atomic E-state index is -0.105. The molecule has 0 aliphatic carbocycles. The van der Waals surface area contributed by atoms with Crippen LogP contribution in [-0.4, -0.2) is 58.8 Å². The quantitative estimate of drug-likeness (QED) is 0.496. The Labute approximate surface area is 192 Å². The van der Waals surface area contributed by atoms with Crippen molar-refractivity contribution in [2.24, 2.45) is 18.0 Å². The van der Waals surface area contributed by atoms with Crippen LogP contribution in [0.2, 0.25) is 0 Å². The van der Waals surface area contributed by atoms with Crippen LogP contribution >= 0.6 is 0 Å². The van der Waals surface area contributed by atoms with Crippen LogP contribution in [0, 0.1) is 11.7 Å². The molecular formula is C25H39FN6. The van der Waals surface area contributed by atoms with Gasteiger partial charge in [0, 0.05) is 57.6 Å². The van der Waals surface area contributed by atoms with Crippen molar-refractivity contribution in [2.45, 2.75) is 52.6 Å². The summed E-state index contributed by atoms with van der Waals surface area (Å²) in [6.07, 6.45) is 4.31. The summed E-state index contributed by atoms with van der Waals surface area (Å²) in [4.78, 5) is 9.51. The molecule has 1 aliphatic rings. The molecule has 1 fully saturated rings. The highest BCUT2D eigenvalue weighted by atomic mass is 19.1. The van der Waals surface area contributed by atoms with Gasteiger partial charge in [0.25, 0.3) is 0 Å². The number of hydrogen-bond acceptors (Lipinski definition) is 3. The normalized spacial score (nSPS) is 16.0. The molecule has 3 rings (SSSR count). The van der Waals surface area contributed by atoms with Crippen LogP contribution in [-0.2, 0) is 20.1 Å². The summed E-state index contributed by atoms with van der Waals surface area (Å²) in [7, 11) is 4.07. The minimum Gasteiger partial charge on any atom is -0.357 e. The first kappa shape index (κ1) is 24.2. The van der Waals surface area contributed by atoms with E-state index in [1.54, 1.807) is 12.1 Å². The van der Waals surface area contributed by atoms with Gasteiger partial charge < -0.3 is 10.2 Å². The minimum absolute atomic E-state index is 0.105. The lowest BCUT2D eigenvalue weighted by atomic mass is 9.96. The number of nitrogens with zero attached hydrogens (tertiary/aromatic N) is 5. The predicted octanol–water partition coefficient (Wildman–Crippen LogP) is 3.99. The van der Waals surface area contributed by atoms with Crippen LogP contribution in [0.25, 0.3) is 0 Å². The zero-order chi connectivity index (χ0) is 23.1. The molecule has 1 aliphatic heterocycles. The average Bonchev–Trinajstić information content (AvgIpc) is 3.14. The second kappa shape index (κ2) is 11.5. The van der Waals surface area contributed by atoms with Crippen molar-refractivity contribution in [3.05, 3.63) is 53.1 Å². The summed E-state index contributed by atoms with van der Waals surface area (Å²) in [5, 5.41) is 8.07. The van der Waals surface area contributed by atoms with E-state index in [-0.39, 0.29) is 5.82 Å². The van der Waals surface area contributed by atoms with Crippen molar-refractivity contribution in [1.29, 1.82) is 0 Å². The lowest BCUT2D eigenvalue weighted by Crippen LogP contribution is -2.39. The summed E-state index contributed by atoms with van der Waals surface area (Å²) < 4.78 is 15.8. The first-order chi connectivity index (χ1) is 15.4. The number of hydrogen-bond donors (Lipinski definition) is 1. The molecule has 1 aromatic carbocycles. The average molecular weight is 443 g/mol. The van der Waals surface area contributed by atoms with Crippen molar-refractivity contribution in [1.82, 2.24) is 24.9 Å². The van der Waals surface area contributed by atoms with Gasteiger partial charge in [-0.05, 0) is 50.8 Å². The van der Waals surface area contributed by atoms with Crippen molar-refractivity contribution >= 4 is 5.96 Å². The maximum Gasteiger partial charge on any atom is 0.193 e. The summed E-state index contributed by atoms with van der Waals surface area (Å²) in [5.41, 5.74) is 3.19. The third-order valence-corrected chi connectivity index (χ3v) is 6.15. The lowest BCUT2D eigenvalue weighted by Gasteiger charge is -2.31. The van der Waals surface area contributed by atoms with Gasteiger partial charge in [0.05, 0.1) is 5.69 Å². The van der Waals surface area contributed by atoms with Gasteiger partial charge in [-0.3, -0.25) is 14.6 Å². The molecule has 2 aromatic rings. The molecule has 6 nitrogen and oxygen atoms in total. The van der Waals surface area contributed by atoms with Gasteiger partial charge in [0.15, 0.2) is 5.96 Å². The fourth-order valence-corrected chi connectivity index (χ4v) is 4.37. The molecule has 1 N–H and O–H groups in total. The van der Waals surface area contributed by atoms with Crippen LogP contribution < -0.4 is 5.32 Å². The van der Waals surface area contributed by atoms with Crippen molar-refractivity contribution in [2.75, 3.05) is 33.2 Å². The lowest BCUT2D eigenvalue weighted by molar-refractivity contribution is 0.178. The molecule has 1 saturated heterocycles. The smallest absolute Gasteiger partial charge is 0.193 e. The van der Waals surface area contributed by atoms with Crippen LogP contribution in [0.5, 0.6) is 0 Å². The zero-order valence-electron chi connectivity index (χ0n) is 20.3. The van der Waals surface area contributed by atoms with Gasteiger partial charge in [-0.2, -0.15) is 5.10 Å². The van der Waals surface area contributed by atoms with Crippen molar-refractivity contribution < 1.29 is 4.39 Å². The number of aliphatic imine (C=N–C) groups is 1. The summed E-state index contributed by atoms with van der Waals surface area (Å²) >= 11 is 0. The highest BCUT2D eigenvalue weighted by molar-refractivity contribution is 5.79. The number of guanidine groups is 1. The van der Waals surface area contributed by atoms with E-state index in [4.69, 9.17) is 4.99 Å². The number of piperidine rings is 1. The number of halogens is 1. The standard InChI is InChI=1S/C25H39FN6/c1-6-27-25(30(4)16-22-17-31(5)29-24(22)19(2)3)28-15-20-11-13-32(14-12-20)18-21-9-7-8-10-23(21)26/h7-10,17,19-20H,6,11-16,18H2,1-5H3,(H,27,28). The van der Waals surface area contributed by atoms with Gasteiger partial charge >= 0.3 is 0 Å². The van der Waals surface area contributed by atoms with Gasteiger partial charge in [0.2, 0.25) is 0 Å². The molecule has 32 heavy (non-hydrogen) atoms. The predicted molar refractivity (Wildman–Crippen MR) is 129 cm³/mol. The summed E-state index contributed by atoms with van der Waals surface area (Å²) in [6.45, 7) is 11.6. The monoisotopic (exact) mass is 442 g/mol. The summed E-state index contributed by atoms with van der Waals surface area (Å²) in [5.74, 6) is 1.80. The number of likely N-dealkylation sites (tertiary alicyclic amines) is 1. The Balaban J connectivity index is 1.54. The van der Waals surface area contributed by atoms with E-state index < -0.39 is 0 Å². The third-order valence-electron chi connectivity index (χ3n) is 6.15. The molecule has 176 valence electrons. The van der Waals surface area contributed by atoms with E-state index in [0.29, 0.717) is 18.4 Å². The molecule has 0 radical (unpaired) electrons. The van der Waals surface area contributed by atoms with Crippen molar-refractivity contribution in [3.63, 3.8) is 0 Å². The molecule has 0 saturated carbocycles. The second-order valence-electron chi connectivity index (χ2n) is 9.23. The third kappa shape index (κ3) is 6.55. The maximum absolute atomic E-state index is 13.9. The number of rotatable bonds is 8. The number of nitrogens with one attached hydrogen (secondary N) is 1. The largest absolute Gasteiger partial charge is 0.357 e. The maximum atomic E-state index is 13.9. The molecule has 0 spiro atoms. The molecule has 0 amide bonds. The Morgan fingerprint density at radius 1 is 1.25 bits per heavy atom. The topological polar surface area (TPSA) is 48.7 Å². The Hall–Kier alpha value is -2.41. The Kier molecular flexibility index (Phi) is 8.67. The molecule has 7 heteroatoms. The van der Waals surface area contributed by atoms with Crippen molar-refractivity contribution in [3.8, 4) is 0 Å². The Morgan fingerprint density at radius 3 is 2.62 bits per heavy atom. The van der Waals surface area contributed by atoms with Crippen LogP contribution in [0.1, 0.15) is 56.4 Å². The first-order valence-corrected chi connectivity index (χ1v) is 11.8. The first-order valence-electron chi connectivity index (χ1n) is 11.8. The number of aryl methyl sites for hydroxylation is 1. The van der Waals surface area contributed by atoms with E-state index in [9.17, 15) is 4.39 Å². The molecule has 0 atom stereocenters. The molecular weight excluding hydrogens is 403 g/mol. The highest BCUT2D eigenvalue weighted by Crippen LogP contribution is 2.21. The van der Waals surface area contributed by atoms with Crippen LogP contribution in [0.3, 0.4) is 0 Å². The highest BCUT2D eigenvalue weighted by Gasteiger charge is 2.21. The van der Waals surface area contributed by atoms with Crippen LogP contribution in [0.4, 0.5) is 4.39 Å². The number of benzene rings is 1. The van der Waals surface area contributed by atoms with Gasteiger partial charge in [-0.15, -0.1) is 0 Å². The zero-order valence-corrected chi connectivity index (χ0v) is 20.3. The summed E-state index contributed by atoms with van der Waals surface area (Å²) in [6, 6.07) is 7.09. The van der Waals surface area contributed by atoms with E-state index in [1.807, 2.05) is 23.9 Å². The number of aromatic nitrogens is 2. The fraction of sp³-hybridized carbons (Fsp3) is 0.600. The SMILES string of the molecule is CCNC(=NCC1CCN(Cc2ccccc2F)CC1)N(C)Cc1cn(C)nc1C(C)C. The van der Waals surface area contributed by atoms with Gasteiger partial charge in [0.1, 0.15) is 5.82 Å². The Morgan fingerprint density at radius 2 is 1.97 bits per heavy atom. The Bertz CT molecular complexity index is 882. The van der Waals surface area contributed by atoms with Gasteiger partial charge in [-0.1, -0.05) is 32.0 Å². The van der Waals surface area contributed by atoms with E-state index in [0.717, 1.165) is 62.8 Å². The van der Waals surface area contributed by atoms with E-state index >= 15 is 0 Å². The molecule has 0 unspecified atom stereocenters. The van der Waals surface area contributed by atoms with E-state index in [1.165, 1.54) is 5.56 Å². The second-order valence-corrected chi connectivity index (χ2v) is 9.23.